The van der Waals surface area contributed by atoms with Crippen molar-refractivity contribution < 1.29 is 0 Å². The molecule has 13 aromatic rings. The third kappa shape index (κ3) is 4.43. The van der Waals surface area contributed by atoms with Crippen molar-refractivity contribution >= 4 is 108 Å². The van der Waals surface area contributed by atoms with E-state index in [9.17, 15) is 0 Å². The molecule has 57 heavy (non-hydrogen) atoms. The first-order valence-corrected chi connectivity index (χ1v) is 20.1. The second kappa shape index (κ2) is 11.6. The molecule has 0 N–H and O–H groups in total. The molecule has 4 nitrogen and oxygen atoms in total. The molecule has 0 bridgehead atoms. The maximum atomic E-state index is 5.49. The maximum absolute atomic E-state index is 5.49. The van der Waals surface area contributed by atoms with Gasteiger partial charge in [-0.2, -0.15) is 0 Å². The van der Waals surface area contributed by atoms with Gasteiger partial charge in [-0.1, -0.05) is 109 Å². The first-order chi connectivity index (χ1) is 28.2. The minimum absolute atomic E-state index is 0.818. The molecule has 5 heteroatoms. The molecule has 0 saturated carbocycles. The van der Waals surface area contributed by atoms with Crippen molar-refractivity contribution in [3.63, 3.8) is 0 Å². The van der Waals surface area contributed by atoms with Crippen LogP contribution < -0.4 is 0 Å². The molecule has 9 aromatic carbocycles. The predicted molar refractivity (Wildman–Crippen MR) is 242 cm³/mol. The zero-order valence-electron chi connectivity index (χ0n) is 30.5. The largest absolute Gasteiger partial charge is 0.309 e. The van der Waals surface area contributed by atoms with Crippen LogP contribution in [0.5, 0.6) is 0 Å². The third-order valence-electron chi connectivity index (χ3n) is 11.8. The monoisotopic (exact) mass is 742 g/mol. The van der Waals surface area contributed by atoms with Gasteiger partial charge in [-0.05, 0) is 89.0 Å². The van der Waals surface area contributed by atoms with Gasteiger partial charge in [-0.3, -0.25) is 4.57 Å². The molecule has 0 aliphatic carbocycles. The number of para-hydroxylation sites is 4. The second-order valence-corrected chi connectivity index (χ2v) is 16.1. The van der Waals surface area contributed by atoms with E-state index in [1.54, 1.807) is 0 Å². The van der Waals surface area contributed by atoms with Crippen molar-refractivity contribution in [1.29, 1.82) is 0 Å². The average Bonchev–Trinajstić information content (AvgIpc) is 3.91. The van der Waals surface area contributed by atoms with E-state index in [0.29, 0.717) is 0 Å². The van der Waals surface area contributed by atoms with E-state index in [-0.39, 0.29) is 0 Å². The molecule has 0 atom stereocenters. The Morgan fingerprint density at radius 3 is 1.75 bits per heavy atom. The van der Waals surface area contributed by atoms with Gasteiger partial charge in [0, 0.05) is 52.7 Å². The smallest absolute Gasteiger partial charge is 0.165 e. The quantitative estimate of drug-likeness (QED) is 0.181. The second-order valence-electron chi connectivity index (χ2n) is 15.0. The van der Waals surface area contributed by atoms with Gasteiger partial charge in [0.1, 0.15) is 5.69 Å². The molecule has 0 unspecified atom stereocenters. The fourth-order valence-electron chi connectivity index (χ4n) is 9.28. The molecule has 0 fully saturated rings. The molecule has 0 aliphatic rings. The van der Waals surface area contributed by atoms with Crippen LogP contribution in [0, 0.1) is 0 Å². The summed E-state index contributed by atoms with van der Waals surface area (Å²) in [6, 6.07) is 66.0. The number of hydrogen-bond acceptors (Lipinski definition) is 3. The van der Waals surface area contributed by atoms with Gasteiger partial charge in [0.2, 0.25) is 0 Å². The molecule has 0 amide bonds. The molecule has 264 valence electrons. The number of nitrogens with zero attached hydrogens (tertiary/aromatic N) is 4. The Labute approximate surface area is 330 Å². The van der Waals surface area contributed by atoms with E-state index in [2.05, 4.69) is 179 Å². The molecule has 4 aromatic heterocycles. The number of benzene rings is 9. The highest BCUT2D eigenvalue weighted by molar-refractivity contribution is 7.25. The topological polar surface area (TPSA) is 35.6 Å². The highest BCUT2D eigenvalue weighted by atomic mass is 32.1. The van der Waals surface area contributed by atoms with Crippen molar-refractivity contribution in [2.24, 2.45) is 0 Å². The summed E-state index contributed by atoms with van der Waals surface area (Å²) in [5.74, 6) is 0.818. The van der Waals surface area contributed by atoms with E-state index in [1.807, 2.05) is 23.5 Å². The van der Waals surface area contributed by atoms with Crippen LogP contribution in [0.2, 0.25) is 0 Å². The minimum atomic E-state index is 0.818. The maximum Gasteiger partial charge on any atom is 0.165 e. The Balaban J connectivity index is 1.14. The van der Waals surface area contributed by atoms with Crippen molar-refractivity contribution in [2.75, 3.05) is 0 Å². The van der Waals surface area contributed by atoms with Gasteiger partial charge >= 0.3 is 0 Å². The highest BCUT2D eigenvalue weighted by Crippen LogP contribution is 2.42. The van der Waals surface area contributed by atoms with Crippen LogP contribution in [-0.4, -0.2) is 19.1 Å². The van der Waals surface area contributed by atoms with Crippen LogP contribution in [0.3, 0.4) is 0 Å². The predicted octanol–water partition coefficient (Wildman–Crippen LogP) is 14.2. The Bertz CT molecular complexity index is 3830. The summed E-state index contributed by atoms with van der Waals surface area (Å²) in [5, 5.41) is 12.2. The van der Waals surface area contributed by atoms with E-state index in [0.717, 1.165) is 44.8 Å². The van der Waals surface area contributed by atoms with Crippen molar-refractivity contribution in [3.8, 4) is 22.8 Å². The summed E-state index contributed by atoms with van der Waals surface area (Å²) in [7, 11) is 0. The lowest BCUT2D eigenvalue weighted by Gasteiger charge is -2.15. The van der Waals surface area contributed by atoms with Crippen LogP contribution in [-0.2, 0) is 0 Å². The first-order valence-electron chi connectivity index (χ1n) is 19.3. The number of hydrogen-bond donors (Lipinski definition) is 0. The van der Waals surface area contributed by atoms with Gasteiger partial charge in [-0.25, -0.2) is 9.97 Å². The van der Waals surface area contributed by atoms with E-state index >= 15 is 0 Å². The van der Waals surface area contributed by atoms with Crippen LogP contribution in [0.4, 0.5) is 0 Å². The molecule has 0 spiro atoms. The van der Waals surface area contributed by atoms with Gasteiger partial charge in [0.25, 0.3) is 0 Å². The molecule has 4 heterocycles. The minimum Gasteiger partial charge on any atom is -0.309 e. The Kier molecular flexibility index (Phi) is 6.29. The van der Waals surface area contributed by atoms with E-state index in [4.69, 9.17) is 9.97 Å². The summed E-state index contributed by atoms with van der Waals surface area (Å²) < 4.78 is 7.37. The van der Waals surface area contributed by atoms with Crippen LogP contribution in [0.25, 0.3) is 119 Å². The van der Waals surface area contributed by atoms with Gasteiger partial charge in [-0.15, -0.1) is 11.3 Å². The summed E-state index contributed by atoms with van der Waals surface area (Å²) in [6.07, 6.45) is 0. The Morgan fingerprint density at radius 2 is 0.947 bits per heavy atom. The first kappa shape index (κ1) is 30.9. The standard InChI is InChI=1S/C52H30N4S/c1-2-13-32-29-47-39(26-31(32)12-1)35-15-3-8-20-44(35)55(47)46-22-11-14-33-27-40-36-16-4-9-21-45(36)56(48(40)30-38(33)46)52-51(53-42-18-6-7-19-43(42)54-52)34-24-25-50-41(28-34)37-17-5-10-23-49(37)57-50/h1-30H. The van der Waals surface area contributed by atoms with Crippen LogP contribution in [0.1, 0.15) is 0 Å². The number of fused-ring (bicyclic) bond motifs is 12. The fraction of sp³-hybridized carbons (Fsp3) is 0. The average molecular weight is 743 g/mol. The molecule has 0 saturated heterocycles. The lowest BCUT2D eigenvalue weighted by Crippen LogP contribution is -2.04. The zero-order chi connectivity index (χ0) is 37.2. The van der Waals surface area contributed by atoms with Crippen molar-refractivity contribution in [1.82, 2.24) is 19.1 Å². The van der Waals surface area contributed by atoms with Crippen LogP contribution in [0.15, 0.2) is 182 Å². The molecule has 13 rings (SSSR count). The third-order valence-corrected chi connectivity index (χ3v) is 13.0. The van der Waals surface area contributed by atoms with Gasteiger partial charge in [0.05, 0.1) is 38.8 Å². The lowest BCUT2D eigenvalue weighted by atomic mass is 10.0. The number of rotatable bonds is 3. The molecular weight excluding hydrogens is 713 g/mol. The fourth-order valence-corrected chi connectivity index (χ4v) is 10.4. The number of aromatic nitrogens is 4. The van der Waals surface area contributed by atoms with E-state index in [1.165, 1.54) is 74.3 Å². The normalized spacial score (nSPS) is 12.2. The van der Waals surface area contributed by atoms with Crippen molar-refractivity contribution in [2.45, 2.75) is 0 Å². The zero-order valence-corrected chi connectivity index (χ0v) is 31.3. The summed E-state index contributed by atoms with van der Waals surface area (Å²) in [6.45, 7) is 0. The summed E-state index contributed by atoms with van der Waals surface area (Å²) >= 11 is 1.83. The summed E-state index contributed by atoms with van der Waals surface area (Å²) in [5.41, 5.74) is 9.36. The Morgan fingerprint density at radius 1 is 0.351 bits per heavy atom. The van der Waals surface area contributed by atoms with Gasteiger partial charge < -0.3 is 4.57 Å². The molecule has 0 aliphatic heterocycles. The van der Waals surface area contributed by atoms with Crippen LogP contribution >= 0.6 is 11.3 Å². The molecular formula is C52H30N4S. The van der Waals surface area contributed by atoms with Crippen molar-refractivity contribution in [3.05, 3.63) is 182 Å². The highest BCUT2D eigenvalue weighted by Gasteiger charge is 2.22. The lowest BCUT2D eigenvalue weighted by molar-refractivity contribution is 1.08. The molecule has 0 radical (unpaired) electrons. The number of thiophene rings is 1. The van der Waals surface area contributed by atoms with Gasteiger partial charge in [0.15, 0.2) is 5.82 Å². The Hall–Kier alpha value is -7.34. The summed E-state index contributed by atoms with van der Waals surface area (Å²) in [4.78, 5) is 10.9. The SMILES string of the molecule is c1ccc2cc3c(cc2c1)c1ccccc1n3-c1cccc2cc3c4ccccc4n(-c4nc5ccccc5nc4-c4ccc5sc6ccccc6c5c4)c3cc12. The van der Waals surface area contributed by atoms with E-state index < -0.39 is 0 Å².